The van der Waals surface area contributed by atoms with Gasteiger partial charge in [0, 0.05) is 18.5 Å². The van der Waals surface area contributed by atoms with Crippen LogP contribution in [0.2, 0.25) is 0 Å². The van der Waals surface area contributed by atoms with Crippen molar-refractivity contribution >= 4 is 22.7 Å². The lowest BCUT2D eigenvalue weighted by molar-refractivity contribution is 0.0526. The van der Waals surface area contributed by atoms with E-state index in [9.17, 15) is 4.79 Å². The molecular weight excluding hydrogens is 264 g/mol. The molecule has 3 rings (SSSR count). The summed E-state index contributed by atoms with van der Waals surface area (Å²) in [7, 11) is 0. The third-order valence-electron chi connectivity index (χ3n) is 3.87. The minimum absolute atomic E-state index is 0.278. The maximum absolute atomic E-state index is 11.8. The molecule has 4 heteroatoms. The zero-order chi connectivity index (χ0) is 14.7. The van der Waals surface area contributed by atoms with Gasteiger partial charge in [0.25, 0.3) is 0 Å². The van der Waals surface area contributed by atoms with Gasteiger partial charge in [-0.2, -0.15) is 0 Å². The van der Waals surface area contributed by atoms with E-state index in [1.165, 1.54) is 19.3 Å². The van der Waals surface area contributed by atoms with Gasteiger partial charge in [0.15, 0.2) is 0 Å². The van der Waals surface area contributed by atoms with E-state index in [1.807, 2.05) is 31.2 Å². The maximum Gasteiger partial charge on any atom is 0.338 e. The fraction of sp³-hybridized carbons (Fsp3) is 0.412. The van der Waals surface area contributed by atoms with Crippen molar-refractivity contribution in [3.8, 4) is 0 Å². The Morgan fingerprint density at radius 1 is 1.19 bits per heavy atom. The van der Waals surface area contributed by atoms with Crippen LogP contribution in [0.5, 0.6) is 0 Å². The molecule has 1 aromatic carbocycles. The van der Waals surface area contributed by atoms with Crippen molar-refractivity contribution in [1.29, 1.82) is 0 Å². The SMILES string of the molecule is CCOC(=O)c1ccc2nc(N3CCCCC3)ccc2c1. The third kappa shape index (κ3) is 2.99. The molecule has 21 heavy (non-hydrogen) atoms. The quantitative estimate of drug-likeness (QED) is 0.810. The van der Waals surface area contributed by atoms with Crippen LogP contribution < -0.4 is 4.90 Å². The summed E-state index contributed by atoms with van der Waals surface area (Å²) < 4.78 is 5.03. The molecule has 2 heterocycles. The molecule has 0 bridgehead atoms. The van der Waals surface area contributed by atoms with Gasteiger partial charge in [-0.1, -0.05) is 0 Å². The highest BCUT2D eigenvalue weighted by Crippen LogP contribution is 2.22. The van der Waals surface area contributed by atoms with Crippen molar-refractivity contribution in [3.05, 3.63) is 35.9 Å². The van der Waals surface area contributed by atoms with Crippen molar-refractivity contribution in [1.82, 2.24) is 4.98 Å². The van der Waals surface area contributed by atoms with Crippen LogP contribution in [0.1, 0.15) is 36.5 Å². The zero-order valence-electron chi connectivity index (χ0n) is 12.3. The standard InChI is InChI=1S/C17H20N2O2/c1-2-21-17(20)14-6-8-15-13(12-14)7-9-16(18-15)19-10-4-3-5-11-19/h6-9,12H,2-5,10-11H2,1H3. The number of hydrogen-bond acceptors (Lipinski definition) is 4. The summed E-state index contributed by atoms with van der Waals surface area (Å²) in [6.45, 7) is 4.37. The van der Waals surface area contributed by atoms with Crippen LogP contribution >= 0.6 is 0 Å². The summed E-state index contributed by atoms with van der Waals surface area (Å²) in [6, 6.07) is 9.61. The average molecular weight is 284 g/mol. The summed E-state index contributed by atoms with van der Waals surface area (Å²) >= 11 is 0. The van der Waals surface area contributed by atoms with Crippen molar-refractivity contribution in [2.45, 2.75) is 26.2 Å². The molecule has 0 atom stereocenters. The summed E-state index contributed by atoms with van der Waals surface area (Å²) in [5.41, 5.74) is 1.50. The second kappa shape index (κ2) is 6.12. The fourth-order valence-corrected chi connectivity index (χ4v) is 2.76. The zero-order valence-corrected chi connectivity index (χ0v) is 12.3. The number of pyridine rings is 1. The first kappa shape index (κ1) is 13.9. The van der Waals surface area contributed by atoms with Crippen molar-refractivity contribution in [3.63, 3.8) is 0 Å². The van der Waals surface area contributed by atoms with E-state index >= 15 is 0 Å². The average Bonchev–Trinajstić information content (AvgIpc) is 2.55. The number of carbonyl (C=O) groups is 1. The van der Waals surface area contributed by atoms with E-state index in [1.54, 1.807) is 6.07 Å². The van der Waals surface area contributed by atoms with Gasteiger partial charge >= 0.3 is 5.97 Å². The third-order valence-corrected chi connectivity index (χ3v) is 3.87. The molecule has 1 saturated heterocycles. The van der Waals surface area contributed by atoms with Crippen LogP contribution in [0.3, 0.4) is 0 Å². The molecule has 0 radical (unpaired) electrons. The highest BCUT2D eigenvalue weighted by atomic mass is 16.5. The summed E-state index contributed by atoms with van der Waals surface area (Å²) in [5.74, 6) is 0.755. The van der Waals surface area contributed by atoms with Crippen molar-refractivity contribution < 1.29 is 9.53 Å². The number of anilines is 1. The minimum atomic E-state index is -0.278. The molecule has 0 aliphatic carbocycles. The topological polar surface area (TPSA) is 42.4 Å². The second-order valence-corrected chi connectivity index (χ2v) is 5.35. The predicted octanol–water partition coefficient (Wildman–Crippen LogP) is 3.40. The molecule has 2 aromatic rings. The second-order valence-electron chi connectivity index (χ2n) is 5.35. The van der Waals surface area contributed by atoms with E-state index < -0.39 is 0 Å². The van der Waals surface area contributed by atoms with Gasteiger partial charge in [-0.05, 0) is 56.5 Å². The van der Waals surface area contributed by atoms with E-state index in [4.69, 9.17) is 9.72 Å². The molecule has 1 aromatic heterocycles. The van der Waals surface area contributed by atoms with Crippen LogP contribution in [0, 0.1) is 0 Å². The molecule has 1 aliphatic rings. The molecule has 4 nitrogen and oxygen atoms in total. The summed E-state index contributed by atoms with van der Waals surface area (Å²) in [6.07, 6.45) is 3.79. The Bertz CT molecular complexity index is 648. The van der Waals surface area contributed by atoms with Gasteiger partial charge in [-0.3, -0.25) is 0 Å². The number of piperidine rings is 1. The number of hydrogen-bond donors (Lipinski definition) is 0. The normalized spacial score (nSPS) is 15.2. The highest BCUT2D eigenvalue weighted by Gasteiger charge is 2.13. The van der Waals surface area contributed by atoms with Gasteiger partial charge in [0.05, 0.1) is 17.7 Å². The molecular formula is C17H20N2O2. The van der Waals surface area contributed by atoms with Gasteiger partial charge in [0.1, 0.15) is 5.82 Å². The number of nitrogens with zero attached hydrogens (tertiary/aromatic N) is 2. The molecule has 0 amide bonds. The van der Waals surface area contributed by atoms with Crippen LogP contribution in [0.25, 0.3) is 10.9 Å². The monoisotopic (exact) mass is 284 g/mol. The van der Waals surface area contributed by atoms with Gasteiger partial charge in [-0.25, -0.2) is 9.78 Å². The lowest BCUT2D eigenvalue weighted by Crippen LogP contribution is -2.30. The molecule has 0 unspecified atom stereocenters. The number of ether oxygens (including phenoxy) is 1. The summed E-state index contributed by atoms with van der Waals surface area (Å²) in [4.78, 5) is 18.8. The first-order valence-corrected chi connectivity index (χ1v) is 7.61. The Hall–Kier alpha value is -2.10. The van der Waals surface area contributed by atoms with Crippen LogP contribution in [0.15, 0.2) is 30.3 Å². The van der Waals surface area contributed by atoms with E-state index in [0.717, 1.165) is 29.8 Å². The molecule has 1 fully saturated rings. The number of rotatable bonds is 3. The van der Waals surface area contributed by atoms with Crippen LogP contribution in [0.4, 0.5) is 5.82 Å². The lowest BCUT2D eigenvalue weighted by Gasteiger charge is -2.27. The van der Waals surface area contributed by atoms with Gasteiger partial charge in [0.2, 0.25) is 0 Å². The van der Waals surface area contributed by atoms with Crippen molar-refractivity contribution in [2.24, 2.45) is 0 Å². The Balaban J connectivity index is 1.88. The van der Waals surface area contributed by atoms with Crippen LogP contribution in [-0.4, -0.2) is 30.6 Å². The number of esters is 1. The first-order chi connectivity index (χ1) is 10.3. The van der Waals surface area contributed by atoms with E-state index in [2.05, 4.69) is 4.90 Å². The Labute approximate surface area is 124 Å². The minimum Gasteiger partial charge on any atom is -0.462 e. The Morgan fingerprint density at radius 2 is 2.00 bits per heavy atom. The number of carbonyl (C=O) groups excluding carboxylic acids is 1. The van der Waals surface area contributed by atoms with E-state index in [0.29, 0.717) is 12.2 Å². The largest absolute Gasteiger partial charge is 0.462 e. The smallest absolute Gasteiger partial charge is 0.338 e. The first-order valence-electron chi connectivity index (χ1n) is 7.61. The van der Waals surface area contributed by atoms with Crippen molar-refractivity contribution in [2.75, 3.05) is 24.6 Å². The fourth-order valence-electron chi connectivity index (χ4n) is 2.76. The Morgan fingerprint density at radius 3 is 2.76 bits per heavy atom. The number of aromatic nitrogens is 1. The molecule has 110 valence electrons. The lowest BCUT2D eigenvalue weighted by atomic mass is 10.1. The molecule has 1 aliphatic heterocycles. The number of benzene rings is 1. The summed E-state index contributed by atoms with van der Waals surface area (Å²) in [5, 5.41) is 0.973. The van der Waals surface area contributed by atoms with Crippen LogP contribution in [-0.2, 0) is 4.74 Å². The highest BCUT2D eigenvalue weighted by molar-refractivity contribution is 5.94. The molecule has 0 N–H and O–H groups in total. The van der Waals surface area contributed by atoms with Gasteiger partial charge in [-0.15, -0.1) is 0 Å². The predicted molar refractivity (Wildman–Crippen MR) is 83.8 cm³/mol. The Kier molecular flexibility index (Phi) is 4.04. The molecule has 0 spiro atoms. The molecule has 0 saturated carbocycles. The van der Waals surface area contributed by atoms with Gasteiger partial charge < -0.3 is 9.64 Å². The van der Waals surface area contributed by atoms with E-state index in [-0.39, 0.29) is 5.97 Å². The maximum atomic E-state index is 11.8. The number of fused-ring (bicyclic) bond motifs is 1.